The van der Waals surface area contributed by atoms with Crippen LogP contribution in [0.15, 0.2) is 18.2 Å². The highest BCUT2D eigenvalue weighted by Crippen LogP contribution is 2.24. The van der Waals surface area contributed by atoms with Crippen molar-refractivity contribution < 1.29 is 9.84 Å². The molecule has 23 heavy (non-hydrogen) atoms. The first kappa shape index (κ1) is 17.3. The van der Waals surface area contributed by atoms with E-state index < -0.39 is 0 Å². The van der Waals surface area contributed by atoms with Crippen LogP contribution in [0.4, 0.5) is 5.69 Å². The number of aryl methyl sites for hydroxylation is 2. The van der Waals surface area contributed by atoms with Crippen LogP contribution >= 0.6 is 0 Å². The van der Waals surface area contributed by atoms with E-state index in [1.165, 1.54) is 5.56 Å². The van der Waals surface area contributed by atoms with Gasteiger partial charge >= 0.3 is 0 Å². The Labute approximate surface area is 138 Å². The largest absolute Gasteiger partial charge is 0.491 e. The number of benzene rings is 1. The Morgan fingerprint density at radius 3 is 2.61 bits per heavy atom. The van der Waals surface area contributed by atoms with Gasteiger partial charge in [-0.2, -0.15) is 5.10 Å². The lowest BCUT2D eigenvalue weighted by atomic mass is 10.1. The van der Waals surface area contributed by atoms with E-state index >= 15 is 0 Å². The Bertz CT molecular complexity index is 663. The standard InChI is InChI=1S/C18H27N3O2/c1-12(2)23-18-7-6-16(10-13(18)3)19-11-17-14(4)20-21(8-9-22)15(17)5/h6-7,10,12,19,22H,8-9,11H2,1-5H3. The second-order valence-corrected chi connectivity index (χ2v) is 6.10. The van der Waals surface area contributed by atoms with Crippen molar-refractivity contribution in [3.63, 3.8) is 0 Å². The number of anilines is 1. The van der Waals surface area contributed by atoms with E-state index in [2.05, 4.69) is 23.4 Å². The highest BCUT2D eigenvalue weighted by molar-refractivity contribution is 5.51. The van der Waals surface area contributed by atoms with Gasteiger partial charge in [0.25, 0.3) is 0 Å². The van der Waals surface area contributed by atoms with Crippen molar-refractivity contribution in [3.8, 4) is 5.75 Å². The predicted molar refractivity (Wildman–Crippen MR) is 93.1 cm³/mol. The number of aliphatic hydroxyl groups is 1. The van der Waals surface area contributed by atoms with Crippen molar-refractivity contribution in [2.75, 3.05) is 11.9 Å². The molecule has 1 aromatic heterocycles. The smallest absolute Gasteiger partial charge is 0.122 e. The predicted octanol–water partition coefficient (Wildman–Crippen LogP) is 3.20. The molecule has 0 atom stereocenters. The lowest BCUT2D eigenvalue weighted by Crippen LogP contribution is -2.08. The Morgan fingerprint density at radius 2 is 2.00 bits per heavy atom. The molecule has 0 bridgehead atoms. The fourth-order valence-electron chi connectivity index (χ4n) is 2.64. The molecule has 1 heterocycles. The van der Waals surface area contributed by atoms with Crippen molar-refractivity contribution in [1.29, 1.82) is 0 Å². The maximum absolute atomic E-state index is 9.08. The number of aromatic nitrogens is 2. The molecule has 126 valence electrons. The van der Waals surface area contributed by atoms with Gasteiger partial charge in [-0.05, 0) is 58.4 Å². The number of ether oxygens (including phenoxy) is 1. The van der Waals surface area contributed by atoms with Crippen LogP contribution in [0.25, 0.3) is 0 Å². The summed E-state index contributed by atoms with van der Waals surface area (Å²) in [5.41, 5.74) is 5.46. The lowest BCUT2D eigenvalue weighted by molar-refractivity contribution is 0.241. The number of nitrogens with zero attached hydrogens (tertiary/aromatic N) is 2. The van der Waals surface area contributed by atoms with Gasteiger partial charge in [0.1, 0.15) is 5.75 Å². The van der Waals surface area contributed by atoms with Crippen molar-refractivity contribution in [3.05, 3.63) is 40.7 Å². The summed E-state index contributed by atoms with van der Waals surface area (Å²) in [6.07, 6.45) is 0.176. The van der Waals surface area contributed by atoms with Crippen molar-refractivity contribution in [1.82, 2.24) is 9.78 Å². The third-order valence-electron chi connectivity index (χ3n) is 3.85. The molecule has 0 amide bonds. The van der Waals surface area contributed by atoms with Gasteiger partial charge in [-0.1, -0.05) is 0 Å². The lowest BCUT2D eigenvalue weighted by Gasteiger charge is -2.14. The third-order valence-corrected chi connectivity index (χ3v) is 3.85. The van der Waals surface area contributed by atoms with E-state index in [9.17, 15) is 0 Å². The van der Waals surface area contributed by atoms with E-state index in [1.807, 2.05) is 44.5 Å². The molecule has 0 aliphatic rings. The maximum atomic E-state index is 9.08. The summed E-state index contributed by atoms with van der Waals surface area (Å²) in [4.78, 5) is 0. The minimum Gasteiger partial charge on any atom is -0.491 e. The van der Waals surface area contributed by atoms with Gasteiger partial charge in [0.05, 0.1) is 24.9 Å². The average Bonchev–Trinajstić information content (AvgIpc) is 2.74. The molecule has 0 fully saturated rings. The van der Waals surface area contributed by atoms with Crippen molar-refractivity contribution in [2.24, 2.45) is 0 Å². The summed E-state index contributed by atoms with van der Waals surface area (Å²) in [6, 6.07) is 6.14. The fourth-order valence-corrected chi connectivity index (χ4v) is 2.64. The summed E-state index contributed by atoms with van der Waals surface area (Å²) >= 11 is 0. The highest BCUT2D eigenvalue weighted by atomic mass is 16.5. The second kappa shape index (κ2) is 7.51. The van der Waals surface area contributed by atoms with Crippen LogP contribution < -0.4 is 10.1 Å². The molecule has 0 unspecified atom stereocenters. The number of rotatable bonds is 7. The topological polar surface area (TPSA) is 59.3 Å². The number of hydrogen-bond donors (Lipinski definition) is 2. The third kappa shape index (κ3) is 4.26. The van der Waals surface area contributed by atoms with E-state index in [4.69, 9.17) is 9.84 Å². The first-order chi connectivity index (χ1) is 10.9. The van der Waals surface area contributed by atoms with Crippen LogP contribution in [0.1, 0.15) is 36.4 Å². The summed E-state index contributed by atoms with van der Waals surface area (Å²) in [5, 5.41) is 17.0. The van der Waals surface area contributed by atoms with Crippen LogP contribution in [-0.2, 0) is 13.1 Å². The van der Waals surface area contributed by atoms with Gasteiger partial charge in [-0.3, -0.25) is 4.68 Å². The first-order valence-electron chi connectivity index (χ1n) is 8.07. The van der Waals surface area contributed by atoms with Gasteiger partial charge in [-0.25, -0.2) is 0 Å². The van der Waals surface area contributed by atoms with Crippen LogP contribution in [0, 0.1) is 20.8 Å². The van der Waals surface area contributed by atoms with Crippen molar-refractivity contribution >= 4 is 5.69 Å². The van der Waals surface area contributed by atoms with Crippen LogP contribution in [0.5, 0.6) is 5.75 Å². The second-order valence-electron chi connectivity index (χ2n) is 6.10. The monoisotopic (exact) mass is 317 g/mol. The SMILES string of the molecule is Cc1cc(NCc2c(C)nn(CCO)c2C)ccc1OC(C)C. The molecule has 0 radical (unpaired) electrons. The molecular weight excluding hydrogens is 290 g/mol. The number of aliphatic hydroxyl groups excluding tert-OH is 1. The quantitative estimate of drug-likeness (QED) is 0.823. The molecule has 0 spiro atoms. The molecule has 0 saturated carbocycles. The fraction of sp³-hybridized carbons (Fsp3) is 0.500. The zero-order valence-electron chi connectivity index (χ0n) is 14.7. The Morgan fingerprint density at radius 1 is 1.26 bits per heavy atom. The molecule has 2 rings (SSSR count). The number of hydrogen-bond acceptors (Lipinski definition) is 4. The zero-order chi connectivity index (χ0) is 17.0. The van der Waals surface area contributed by atoms with Gasteiger partial charge in [0.15, 0.2) is 0 Å². The van der Waals surface area contributed by atoms with Crippen LogP contribution in [-0.4, -0.2) is 27.6 Å². The normalized spacial score (nSPS) is 11.1. The minimum absolute atomic E-state index is 0.103. The molecule has 0 aliphatic heterocycles. The van der Waals surface area contributed by atoms with Gasteiger partial charge in [0.2, 0.25) is 0 Å². The van der Waals surface area contributed by atoms with E-state index in [0.29, 0.717) is 13.1 Å². The Hall–Kier alpha value is -2.01. The molecule has 0 saturated heterocycles. The average molecular weight is 317 g/mol. The molecular formula is C18H27N3O2. The van der Waals surface area contributed by atoms with Gasteiger partial charge in [-0.15, -0.1) is 0 Å². The molecule has 1 aromatic carbocycles. The van der Waals surface area contributed by atoms with Crippen molar-refractivity contribution in [2.45, 2.75) is 53.8 Å². The summed E-state index contributed by atoms with van der Waals surface area (Å²) in [5.74, 6) is 0.925. The van der Waals surface area contributed by atoms with Gasteiger partial charge < -0.3 is 15.2 Å². The summed E-state index contributed by atoms with van der Waals surface area (Å²) in [7, 11) is 0. The van der Waals surface area contributed by atoms with Crippen LogP contribution in [0.3, 0.4) is 0 Å². The highest BCUT2D eigenvalue weighted by Gasteiger charge is 2.11. The summed E-state index contributed by atoms with van der Waals surface area (Å²) < 4.78 is 7.62. The van der Waals surface area contributed by atoms with E-state index in [-0.39, 0.29) is 12.7 Å². The van der Waals surface area contributed by atoms with E-state index in [0.717, 1.165) is 28.4 Å². The molecule has 0 aliphatic carbocycles. The maximum Gasteiger partial charge on any atom is 0.122 e. The molecule has 2 aromatic rings. The Balaban J connectivity index is 2.08. The summed E-state index contributed by atoms with van der Waals surface area (Å²) in [6.45, 7) is 11.5. The molecule has 5 nitrogen and oxygen atoms in total. The number of nitrogens with one attached hydrogen (secondary N) is 1. The zero-order valence-corrected chi connectivity index (χ0v) is 14.7. The van der Waals surface area contributed by atoms with Gasteiger partial charge in [0, 0.05) is 23.5 Å². The van der Waals surface area contributed by atoms with Crippen LogP contribution in [0.2, 0.25) is 0 Å². The Kier molecular flexibility index (Phi) is 5.66. The molecule has 2 N–H and O–H groups in total. The van der Waals surface area contributed by atoms with E-state index in [1.54, 1.807) is 0 Å². The first-order valence-corrected chi connectivity index (χ1v) is 8.07. The minimum atomic E-state index is 0.103. The molecule has 5 heteroatoms.